The fraction of sp³-hybridized carbons (Fsp3) is 0.167. The number of nitro groups is 1. The van der Waals surface area contributed by atoms with Gasteiger partial charge in [-0.3, -0.25) is 10.1 Å². The number of nitro benzene ring substituents is 1. The van der Waals surface area contributed by atoms with Crippen molar-refractivity contribution >= 4 is 34.9 Å². The second kappa shape index (κ2) is 7.36. The van der Waals surface area contributed by atoms with Crippen LogP contribution in [0, 0.1) is 15.9 Å². The zero-order valence-electron chi connectivity index (χ0n) is 11.4. The molecule has 1 rings (SSSR count). The largest absolute Gasteiger partial charge is 0.466 e. The van der Waals surface area contributed by atoms with E-state index in [1.165, 1.54) is 0 Å². The molecule has 0 aliphatic rings. The summed E-state index contributed by atoms with van der Waals surface area (Å²) < 4.78 is 22.6. The second-order valence-corrected chi connectivity index (χ2v) is 4.15. The number of halogens is 2. The van der Waals surface area contributed by atoms with Gasteiger partial charge in [0.1, 0.15) is 5.70 Å². The van der Waals surface area contributed by atoms with Gasteiger partial charge in [-0.25, -0.2) is 14.0 Å². The summed E-state index contributed by atoms with van der Waals surface area (Å²) >= 11 is 5.74. The Morgan fingerprint density at radius 2 is 2.00 bits per heavy atom. The first-order valence-electron chi connectivity index (χ1n) is 5.58. The van der Waals surface area contributed by atoms with Crippen LogP contribution in [0.4, 0.5) is 15.8 Å². The van der Waals surface area contributed by atoms with Crippen LogP contribution >= 0.6 is 11.6 Å². The number of non-ortho nitro benzene ring substituents is 1. The van der Waals surface area contributed by atoms with Crippen molar-refractivity contribution in [3.8, 4) is 0 Å². The van der Waals surface area contributed by atoms with Gasteiger partial charge in [-0.1, -0.05) is 11.6 Å². The summed E-state index contributed by atoms with van der Waals surface area (Å²) in [6, 6.07) is 1.50. The highest BCUT2D eigenvalue weighted by Crippen LogP contribution is 2.31. The minimum absolute atomic E-state index is 0.355. The zero-order valence-corrected chi connectivity index (χ0v) is 12.1. The van der Waals surface area contributed by atoms with Crippen molar-refractivity contribution in [2.75, 3.05) is 19.5 Å². The Labute approximate surface area is 128 Å². The van der Waals surface area contributed by atoms with E-state index >= 15 is 0 Å². The molecular weight excluding hydrogens is 323 g/mol. The number of carbonyl (C=O) groups excluding carboxylic acids is 2. The summed E-state index contributed by atoms with van der Waals surface area (Å²) in [5, 5.41) is 12.5. The predicted molar refractivity (Wildman–Crippen MR) is 73.8 cm³/mol. The zero-order chi connectivity index (χ0) is 16.9. The number of anilines is 1. The molecule has 0 heterocycles. The predicted octanol–water partition coefficient (Wildman–Crippen LogP) is 2.03. The van der Waals surface area contributed by atoms with Gasteiger partial charge in [0.25, 0.3) is 5.69 Å². The minimum atomic E-state index is -1.08. The molecule has 0 aromatic heterocycles. The first kappa shape index (κ1) is 17.4. The summed E-state index contributed by atoms with van der Waals surface area (Å²) in [6.07, 6.45) is 0.725. The fourth-order valence-electron chi connectivity index (χ4n) is 1.35. The van der Waals surface area contributed by atoms with Crippen molar-refractivity contribution in [3.63, 3.8) is 0 Å². The molecular formula is C12H10ClFN2O6. The molecule has 0 saturated carbocycles. The number of ether oxygens (including phenoxy) is 2. The number of methoxy groups -OCH3 is 2. The average molecular weight is 333 g/mol. The molecule has 0 aliphatic heterocycles. The standard InChI is InChI=1S/C12H10ClFN2O6/c1-21-10(17)5-9(12(18)22-2)15-11-7(13)3-6(16(19)20)4-8(11)14/h3-5,15H,1-2H3/b9-5+. The van der Waals surface area contributed by atoms with Gasteiger partial charge in [-0.05, 0) is 0 Å². The molecule has 0 saturated heterocycles. The van der Waals surface area contributed by atoms with E-state index in [9.17, 15) is 24.1 Å². The smallest absolute Gasteiger partial charge is 0.354 e. The van der Waals surface area contributed by atoms with Crippen LogP contribution in [-0.4, -0.2) is 31.1 Å². The lowest BCUT2D eigenvalue weighted by atomic mass is 10.2. The van der Waals surface area contributed by atoms with Crippen LogP contribution in [0.15, 0.2) is 23.9 Å². The molecule has 8 nitrogen and oxygen atoms in total. The second-order valence-electron chi connectivity index (χ2n) is 3.74. The highest BCUT2D eigenvalue weighted by Gasteiger charge is 2.20. The van der Waals surface area contributed by atoms with E-state index in [0.717, 1.165) is 26.4 Å². The van der Waals surface area contributed by atoms with E-state index in [1.807, 2.05) is 0 Å². The molecule has 0 bridgehead atoms. The normalized spacial score (nSPS) is 10.8. The molecule has 22 heavy (non-hydrogen) atoms. The van der Waals surface area contributed by atoms with E-state index in [-0.39, 0.29) is 5.02 Å². The molecule has 0 spiro atoms. The Balaban J connectivity index is 3.24. The lowest BCUT2D eigenvalue weighted by Gasteiger charge is -2.11. The van der Waals surface area contributed by atoms with Crippen LogP contribution in [0.2, 0.25) is 5.02 Å². The van der Waals surface area contributed by atoms with Gasteiger partial charge in [-0.2, -0.15) is 0 Å². The summed E-state index contributed by atoms with van der Waals surface area (Å²) in [7, 11) is 2.12. The SMILES string of the molecule is COC(=O)/C=C(/Nc1c(F)cc([N+](=O)[O-])cc1Cl)C(=O)OC. The lowest BCUT2D eigenvalue weighted by Crippen LogP contribution is -2.16. The first-order valence-corrected chi connectivity index (χ1v) is 5.96. The number of carbonyl (C=O) groups is 2. The Hall–Kier alpha value is -2.68. The molecule has 0 atom stereocenters. The van der Waals surface area contributed by atoms with E-state index in [1.54, 1.807) is 0 Å². The number of benzene rings is 1. The monoisotopic (exact) mass is 332 g/mol. The maximum Gasteiger partial charge on any atom is 0.354 e. The minimum Gasteiger partial charge on any atom is -0.466 e. The topological polar surface area (TPSA) is 108 Å². The van der Waals surface area contributed by atoms with E-state index in [4.69, 9.17) is 11.6 Å². The number of esters is 2. The highest BCUT2D eigenvalue weighted by atomic mass is 35.5. The summed E-state index contributed by atoms with van der Waals surface area (Å²) in [5.74, 6) is -2.97. The highest BCUT2D eigenvalue weighted by molar-refractivity contribution is 6.33. The maximum absolute atomic E-state index is 13.9. The number of nitrogens with zero attached hydrogens (tertiary/aromatic N) is 1. The molecule has 0 unspecified atom stereocenters. The van der Waals surface area contributed by atoms with Crippen LogP contribution < -0.4 is 5.32 Å². The molecule has 10 heteroatoms. The Morgan fingerprint density at radius 1 is 1.36 bits per heavy atom. The van der Waals surface area contributed by atoms with E-state index in [0.29, 0.717) is 6.07 Å². The molecule has 0 radical (unpaired) electrons. The average Bonchev–Trinajstić information content (AvgIpc) is 2.48. The Bertz CT molecular complexity index is 638. The fourth-order valence-corrected chi connectivity index (χ4v) is 1.60. The van der Waals surface area contributed by atoms with Gasteiger partial charge in [0.05, 0.1) is 42.0 Å². The van der Waals surface area contributed by atoms with Gasteiger partial charge >= 0.3 is 11.9 Å². The van der Waals surface area contributed by atoms with Crippen molar-refractivity contribution in [1.29, 1.82) is 0 Å². The summed E-state index contributed by atoms with van der Waals surface area (Å²) in [6.45, 7) is 0. The number of rotatable bonds is 5. The number of hydrogen-bond acceptors (Lipinski definition) is 7. The number of nitrogens with one attached hydrogen (secondary N) is 1. The number of hydrogen-bond donors (Lipinski definition) is 1. The van der Waals surface area contributed by atoms with Crippen molar-refractivity contribution in [3.05, 3.63) is 44.9 Å². The quantitative estimate of drug-likeness (QED) is 0.380. The molecule has 118 valence electrons. The maximum atomic E-state index is 13.9. The summed E-state index contributed by atoms with van der Waals surface area (Å²) in [4.78, 5) is 32.5. The molecule has 1 aromatic rings. The summed E-state index contributed by atoms with van der Waals surface area (Å²) in [5.41, 5.74) is -1.44. The van der Waals surface area contributed by atoms with Gasteiger partial charge < -0.3 is 14.8 Å². The first-order chi connectivity index (χ1) is 10.3. The van der Waals surface area contributed by atoms with Crippen LogP contribution in [0.25, 0.3) is 0 Å². The van der Waals surface area contributed by atoms with Gasteiger partial charge in [0.15, 0.2) is 5.82 Å². The van der Waals surface area contributed by atoms with E-state index < -0.39 is 39.8 Å². The third kappa shape index (κ3) is 4.16. The third-order valence-electron chi connectivity index (χ3n) is 2.37. The van der Waals surface area contributed by atoms with Crippen LogP contribution in [0.1, 0.15) is 0 Å². The van der Waals surface area contributed by atoms with Gasteiger partial charge in [0, 0.05) is 6.07 Å². The Kier molecular flexibility index (Phi) is 5.81. The van der Waals surface area contributed by atoms with Crippen molar-refractivity contribution in [2.45, 2.75) is 0 Å². The van der Waals surface area contributed by atoms with E-state index in [2.05, 4.69) is 14.8 Å². The van der Waals surface area contributed by atoms with Crippen molar-refractivity contribution in [2.24, 2.45) is 0 Å². The van der Waals surface area contributed by atoms with Crippen molar-refractivity contribution in [1.82, 2.24) is 0 Å². The molecule has 1 aromatic carbocycles. The van der Waals surface area contributed by atoms with Gasteiger partial charge in [-0.15, -0.1) is 0 Å². The molecule has 0 aliphatic carbocycles. The molecule has 0 fully saturated rings. The van der Waals surface area contributed by atoms with Crippen LogP contribution in [0.5, 0.6) is 0 Å². The molecule has 0 amide bonds. The van der Waals surface area contributed by atoms with Crippen LogP contribution in [0.3, 0.4) is 0 Å². The third-order valence-corrected chi connectivity index (χ3v) is 2.66. The Morgan fingerprint density at radius 3 is 2.45 bits per heavy atom. The van der Waals surface area contributed by atoms with Crippen molar-refractivity contribution < 1.29 is 28.4 Å². The molecule has 1 N–H and O–H groups in total. The van der Waals surface area contributed by atoms with Gasteiger partial charge in [0.2, 0.25) is 0 Å². The lowest BCUT2D eigenvalue weighted by molar-refractivity contribution is -0.385. The van der Waals surface area contributed by atoms with Crippen LogP contribution in [-0.2, 0) is 19.1 Å².